The molecular formula is C14H13Cl2N5O4. The monoisotopic (exact) mass is 385 g/mol. The number of hydrogen-bond donors (Lipinski definition) is 1. The summed E-state index contributed by atoms with van der Waals surface area (Å²) < 4.78 is 1.34. The number of hydrogen-bond acceptors (Lipinski definition) is 6. The second kappa shape index (κ2) is 7.95. The van der Waals surface area contributed by atoms with E-state index in [0.717, 1.165) is 0 Å². The van der Waals surface area contributed by atoms with E-state index in [0.29, 0.717) is 16.3 Å². The predicted octanol–water partition coefficient (Wildman–Crippen LogP) is 2.66. The van der Waals surface area contributed by atoms with Crippen molar-refractivity contribution in [1.82, 2.24) is 9.78 Å². The highest BCUT2D eigenvalue weighted by atomic mass is 35.5. The molecule has 2 N–H and O–H groups in total. The quantitative estimate of drug-likeness (QED) is 0.267. The molecule has 0 spiro atoms. The van der Waals surface area contributed by atoms with Crippen molar-refractivity contribution in [3.8, 4) is 0 Å². The largest absolute Gasteiger partial charge is 0.390 e. The van der Waals surface area contributed by atoms with Gasteiger partial charge < -0.3 is 20.7 Å². The van der Waals surface area contributed by atoms with Crippen molar-refractivity contribution in [2.45, 2.75) is 19.9 Å². The van der Waals surface area contributed by atoms with Crippen molar-refractivity contribution in [2.75, 3.05) is 0 Å². The Kier molecular flexibility index (Phi) is 5.94. The topological polar surface area (TPSA) is 126 Å². The maximum absolute atomic E-state index is 11.7. The molecule has 25 heavy (non-hydrogen) atoms. The van der Waals surface area contributed by atoms with Gasteiger partial charge in [0.05, 0.1) is 34.8 Å². The van der Waals surface area contributed by atoms with Gasteiger partial charge in [-0.15, -0.1) is 0 Å². The lowest BCUT2D eigenvalue weighted by Crippen LogP contribution is -2.16. The average molecular weight is 386 g/mol. The Balaban J connectivity index is 1.95. The number of halogens is 2. The molecule has 2 aromatic rings. The van der Waals surface area contributed by atoms with Crippen molar-refractivity contribution >= 4 is 40.8 Å². The third-order valence-corrected chi connectivity index (χ3v) is 3.68. The Labute approximate surface area is 152 Å². The lowest BCUT2D eigenvalue weighted by Gasteiger charge is -2.04. The van der Waals surface area contributed by atoms with Gasteiger partial charge in [0.25, 0.3) is 0 Å². The highest BCUT2D eigenvalue weighted by molar-refractivity contribution is 6.36. The smallest absolute Gasteiger partial charge is 0.380 e. The number of aromatic nitrogens is 2. The van der Waals surface area contributed by atoms with Crippen LogP contribution in [0.2, 0.25) is 10.0 Å². The van der Waals surface area contributed by atoms with Gasteiger partial charge in [0, 0.05) is 10.6 Å². The number of nitrogens with two attached hydrogens (primary N) is 1. The molecule has 1 aromatic carbocycles. The van der Waals surface area contributed by atoms with E-state index in [1.54, 1.807) is 19.1 Å². The molecule has 2 rings (SSSR count). The molecule has 0 saturated carbocycles. The summed E-state index contributed by atoms with van der Waals surface area (Å²) in [5.74, 6) is -1.04. The average Bonchev–Trinajstić information content (AvgIpc) is 2.92. The van der Waals surface area contributed by atoms with E-state index < -0.39 is 10.9 Å². The fourth-order valence-electron chi connectivity index (χ4n) is 1.90. The number of rotatable bonds is 6. The summed E-state index contributed by atoms with van der Waals surface area (Å²) in [5.41, 5.74) is 6.64. The van der Waals surface area contributed by atoms with Gasteiger partial charge in [0.2, 0.25) is 0 Å². The third kappa shape index (κ3) is 4.91. The Hall–Kier alpha value is -2.65. The minimum Gasteiger partial charge on any atom is -0.380 e. The van der Waals surface area contributed by atoms with Crippen LogP contribution in [0.15, 0.2) is 29.4 Å². The molecule has 1 heterocycles. The van der Waals surface area contributed by atoms with E-state index in [1.165, 1.54) is 16.8 Å². The van der Waals surface area contributed by atoms with Crippen LogP contribution in [0.25, 0.3) is 0 Å². The van der Waals surface area contributed by atoms with Crippen molar-refractivity contribution in [3.63, 3.8) is 0 Å². The number of benzene rings is 1. The Morgan fingerprint density at radius 3 is 2.76 bits per heavy atom. The van der Waals surface area contributed by atoms with Crippen LogP contribution in [-0.2, 0) is 16.2 Å². The molecule has 132 valence electrons. The molecule has 0 unspecified atom stereocenters. The van der Waals surface area contributed by atoms with Gasteiger partial charge in [0.1, 0.15) is 0 Å². The number of aryl methyl sites for hydroxylation is 2. The molecule has 11 heteroatoms. The second-order valence-electron chi connectivity index (χ2n) is 4.94. The number of nitrogens with zero attached hydrogens (tertiary/aromatic N) is 4. The molecule has 0 saturated heterocycles. The number of carbonyl (C=O) groups is 1. The minimum atomic E-state index is -0.675. The van der Waals surface area contributed by atoms with Gasteiger partial charge in [-0.1, -0.05) is 28.4 Å². The number of carbonyl (C=O) groups excluding carboxylic acids is 1. The number of nitro groups is 1. The number of oxime groups is 1. The second-order valence-corrected chi connectivity index (χ2v) is 5.78. The molecule has 0 bridgehead atoms. The summed E-state index contributed by atoms with van der Waals surface area (Å²) >= 11 is 11.8. The standard InChI is InChI=1S/C14H13Cl2N5O4/c1-8-6-12(21(23)24)18-20(8)5-4-13(22)25-19-14(17)10-3-2-9(15)7-11(10)16/h2-3,6-7H,4-5H2,1H3,(H2,17,19). The summed E-state index contributed by atoms with van der Waals surface area (Å²) in [6, 6.07) is 5.91. The minimum absolute atomic E-state index is 0.0825. The van der Waals surface area contributed by atoms with E-state index in [4.69, 9.17) is 33.8 Å². The molecule has 0 fully saturated rings. The van der Waals surface area contributed by atoms with Crippen molar-refractivity contribution in [1.29, 1.82) is 0 Å². The van der Waals surface area contributed by atoms with E-state index in [-0.39, 0.29) is 29.6 Å². The van der Waals surface area contributed by atoms with Crippen LogP contribution in [0.1, 0.15) is 17.7 Å². The Morgan fingerprint density at radius 2 is 2.16 bits per heavy atom. The van der Waals surface area contributed by atoms with Crippen LogP contribution in [0.3, 0.4) is 0 Å². The van der Waals surface area contributed by atoms with Crippen molar-refractivity contribution in [3.05, 3.63) is 55.7 Å². The highest BCUT2D eigenvalue weighted by Crippen LogP contribution is 2.20. The van der Waals surface area contributed by atoms with E-state index >= 15 is 0 Å². The van der Waals surface area contributed by atoms with Gasteiger partial charge in [-0.3, -0.25) is 0 Å². The summed E-state index contributed by atoms with van der Waals surface area (Å²) in [4.78, 5) is 26.5. The highest BCUT2D eigenvalue weighted by Gasteiger charge is 2.16. The van der Waals surface area contributed by atoms with Crippen LogP contribution < -0.4 is 5.73 Å². The molecular weight excluding hydrogens is 373 g/mol. The van der Waals surface area contributed by atoms with Crippen LogP contribution in [0, 0.1) is 17.0 Å². The van der Waals surface area contributed by atoms with Gasteiger partial charge in [0.15, 0.2) is 5.84 Å². The first kappa shape index (κ1) is 18.7. The van der Waals surface area contributed by atoms with Gasteiger partial charge in [-0.05, 0) is 30.0 Å². The van der Waals surface area contributed by atoms with Crippen LogP contribution in [0.5, 0.6) is 0 Å². The third-order valence-electron chi connectivity index (χ3n) is 3.14. The maximum Gasteiger partial charge on any atom is 0.390 e. The lowest BCUT2D eigenvalue weighted by molar-refractivity contribution is -0.389. The fourth-order valence-corrected chi connectivity index (χ4v) is 2.40. The zero-order valence-electron chi connectivity index (χ0n) is 13.0. The molecule has 0 atom stereocenters. The van der Waals surface area contributed by atoms with Gasteiger partial charge in [-0.25, -0.2) is 4.79 Å². The molecule has 0 amide bonds. The number of amidine groups is 1. The van der Waals surface area contributed by atoms with Gasteiger partial charge in [-0.2, -0.15) is 4.68 Å². The predicted molar refractivity (Wildman–Crippen MR) is 91.5 cm³/mol. The van der Waals surface area contributed by atoms with Crippen LogP contribution >= 0.6 is 23.2 Å². The zero-order chi connectivity index (χ0) is 18.6. The van der Waals surface area contributed by atoms with Crippen molar-refractivity contribution < 1.29 is 14.6 Å². The Bertz CT molecular complexity index is 850. The summed E-state index contributed by atoms with van der Waals surface area (Å²) in [5, 5.41) is 18.6. The van der Waals surface area contributed by atoms with Gasteiger partial charge >= 0.3 is 11.8 Å². The summed E-state index contributed by atoms with van der Waals surface area (Å²) in [7, 11) is 0. The summed E-state index contributed by atoms with van der Waals surface area (Å²) in [6.45, 7) is 1.75. The lowest BCUT2D eigenvalue weighted by atomic mass is 10.2. The zero-order valence-corrected chi connectivity index (χ0v) is 14.5. The molecule has 1 aromatic heterocycles. The Morgan fingerprint density at radius 1 is 1.44 bits per heavy atom. The fraction of sp³-hybridized carbons (Fsp3) is 0.214. The van der Waals surface area contributed by atoms with Crippen molar-refractivity contribution in [2.24, 2.45) is 10.9 Å². The van der Waals surface area contributed by atoms with E-state index in [2.05, 4.69) is 10.3 Å². The SMILES string of the molecule is Cc1cc([N+](=O)[O-])nn1CCC(=O)O/N=C(\N)c1ccc(Cl)cc1Cl. The molecule has 0 aliphatic rings. The molecule has 0 radical (unpaired) electrons. The van der Waals surface area contributed by atoms with E-state index in [9.17, 15) is 14.9 Å². The molecule has 0 aliphatic heterocycles. The first-order valence-corrected chi connectivity index (χ1v) is 7.71. The van der Waals surface area contributed by atoms with Crippen LogP contribution in [-0.4, -0.2) is 26.5 Å². The normalized spacial score (nSPS) is 11.4. The first-order chi connectivity index (χ1) is 11.8. The molecule has 0 aliphatic carbocycles. The van der Waals surface area contributed by atoms with Crippen LogP contribution in [0.4, 0.5) is 5.82 Å². The maximum atomic E-state index is 11.7. The summed E-state index contributed by atoms with van der Waals surface area (Å²) in [6.07, 6.45) is -0.0925. The first-order valence-electron chi connectivity index (χ1n) is 6.95. The molecule has 9 nitrogen and oxygen atoms in total. The van der Waals surface area contributed by atoms with E-state index in [1.807, 2.05) is 0 Å².